The molecule has 1 fully saturated rings. The number of methoxy groups -OCH3 is 2. The number of carbonyl (C=O) groups is 1. The van der Waals surface area contributed by atoms with Gasteiger partial charge in [0.1, 0.15) is 22.0 Å². The molecule has 0 radical (unpaired) electrons. The number of hydrogen-bond donors (Lipinski definition) is 0. The van der Waals surface area contributed by atoms with Crippen molar-refractivity contribution in [3.8, 4) is 11.5 Å². The number of nitrogens with zero attached hydrogens (tertiary/aromatic N) is 2. The largest absolute Gasteiger partial charge is 0.497 e. The predicted octanol–water partition coefficient (Wildman–Crippen LogP) is 2.72. The molecule has 0 spiro atoms. The minimum absolute atomic E-state index is 0.0481. The van der Waals surface area contributed by atoms with E-state index in [0.717, 1.165) is 0 Å². The molecule has 0 bridgehead atoms. The summed E-state index contributed by atoms with van der Waals surface area (Å²) in [5, 5.41) is 0. The van der Waals surface area contributed by atoms with Gasteiger partial charge in [0, 0.05) is 31.7 Å². The molecule has 1 aromatic rings. The maximum atomic E-state index is 13.4. The Balaban J connectivity index is 2.27. The van der Waals surface area contributed by atoms with Crippen molar-refractivity contribution < 1.29 is 27.4 Å². The fraction of sp³-hybridized carbons (Fsp3) is 0.632. The third-order valence-electron chi connectivity index (χ3n) is 4.49. The Hall–Kier alpha value is -2.00. The summed E-state index contributed by atoms with van der Waals surface area (Å²) in [5.41, 5.74) is -0.598. The van der Waals surface area contributed by atoms with Crippen molar-refractivity contribution in [3.63, 3.8) is 0 Å². The van der Waals surface area contributed by atoms with Crippen LogP contribution in [0.25, 0.3) is 0 Å². The summed E-state index contributed by atoms with van der Waals surface area (Å²) in [6.07, 6.45) is 0.112. The second-order valence-corrected chi connectivity index (χ2v) is 9.45. The van der Waals surface area contributed by atoms with Crippen molar-refractivity contribution in [2.45, 2.75) is 50.7 Å². The van der Waals surface area contributed by atoms with Gasteiger partial charge in [-0.3, -0.25) is 0 Å². The van der Waals surface area contributed by atoms with E-state index in [1.54, 1.807) is 44.7 Å². The van der Waals surface area contributed by atoms with Crippen molar-refractivity contribution in [2.75, 3.05) is 33.9 Å². The van der Waals surface area contributed by atoms with E-state index < -0.39 is 21.7 Å². The standard InChI is InChI=1S/C19H30N2O6S/c1-7-21(14-10-11-20(13-14)18(22)27-19(2,3)4)28(23,24)17-12-15(25-5)8-9-16(17)26-6/h8-9,12,14H,7,10-11,13H2,1-6H3/t14-/m1/s1. The van der Waals surface area contributed by atoms with Crippen molar-refractivity contribution in [2.24, 2.45) is 0 Å². The van der Waals surface area contributed by atoms with Gasteiger partial charge in [0.25, 0.3) is 0 Å². The maximum absolute atomic E-state index is 13.4. The van der Waals surface area contributed by atoms with Gasteiger partial charge in [-0.25, -0.2) is 13.2 Å². The number of rotatable bonds is 6. The first kappa shape index (κ1) is 22.3. The van der Waals surface area contributed by atoms with Crippen LogP contribution >= 0.6 is 0 Å². The summed E-state index contributed by atoms with van der Waals surface area (Å²) in [6.45, 7) is 8.19. The Morgan fingerprint density at radius 2 is 1.93 bits per heavy atom. The number of sulfonamides is 1. The minimum atomic E-state index is -3.84. The van der Waals surface area contributed by atoms with Gasteiger partial charge in [-0.1, -0.05) is 6.92 Å². The van der Waals surface area contributed by atoms with Crippen LogP contribution in [0.15, 0.2) is 23.1 Å². The van der Waals surface area contributed by atoms with Gasteiger partial charge in [0.2, 0.25) is 10.0 Å². The predicted molar refractivity (Wildman–Crippen MR) is 105 cm³/mol. The number of hydrogen-bond acceptors (Lipinski definition) is 6. The lowest BCUT2D eigenvalue weighted by molar-refractivity contribution is 0.0286. The van der Waals surface area contributed by atoms with E-state index in [1.165, 1.54) is 24.6 Å². The Bertz CT molecular complexity index is 803. The van der Waals surface area contributed by atoms with E-state index in [1.807, 2.05) is 0 Å². The van der Waals surface area contributed by atoms with Crippen molar-refractivity contribution in [1.29, 1.82) is 0 Å². The molecular formula is C19H30N2O6S. The molecule has 28 heavy (non-hydrogen) atoms. The number of likely N-dealkylation sites (N-methyl/N-ethyl adjacent to an activating group) is 1. The fourth-order valence-electron chi connectivity index (χ4n) is 3.21. The van der Waals surface area contributed by atoms with Crippen molar-refractivity contribution >= 4 is 16.1 Å². The van der Waals surface area contributed by atoms with Gasteiger partial charge < -0.3 is 19.1 Å². The Kier molecular flexibility index (Phi) is 6.82. The molecule has 1 aromatic carbocycles. The molecule has 2 rings (SSSR count). The third kappa shape index (κ3) is 4.88. The lowest BCUT2D eigenvalue weighted by Crippen LogP contribution is -2.43. The molecular weight excluding hydrogens is 384 g/mol. The first-order chi connectivity index (χ1) is 13.0. The SMILES string of the molecule is CCN([C@@H]1CCN(C(=O)OC(C)(C)C)C1)S(=O)(=O)c1cc(OC)ccc1OC. The average Bonchev–Trinajstić information content (AvgIpc) is 3.09. The molecule has 0 unspecified atom stereocenters. The number of carbonyl (C=O) groups excluding carboxylic acids is 1. The number of likely N-dealkylation sites (tertiary alicyclic amines) is 1. The molecule has 1 atom stereocenters. The summed E-state index contributed by atoms with van der Waals surface area (Å²) >= 11 is 0. The second kappa shape index (κ2) is 8.57. The normalized spacial score (nSPS) is 17.7. The highest BCUT2D eigenvalue weighted by atomic mass is 32.2. The van der Waals surface area contributed by atoms with Crippen molar-refractivity contribution in [1.82, 2.24) is 9.21 Å². The van der Waals surface area contributed by atoms with Crippen LogP contribution in [-0.2, 0) is 14.8 Å². The number of benzene rings is 1. The van der Waals surface area contributed by atoms with Crippen LogP contribution < -0.4 is 9.47 Å². The summed E-state index contributed by atoms with van der Waals surface area (Å²) < 4.78 is 44.0. The van der Waals surface area contributed by atoms with Gasteiger partial charge in [0.05, 0.1) is 14.2 Å². The van der Waals surface area contributed by atoms with Gasteiger partial charge in [-0.15, -0.1) is 0 Å². The van der Waals surface area contributed by atoms with Gasteiger partial charge in [-0.05, 0) is 39.3 Å². The lowest BCUT2D eigenvalue weighted by atomic mass is 10.2. The van der Waals surface area contributed by atoms with E-state index in [0.29, 0.717) is 18.7 Å². The fourth-order valence-corrected chi connectivity index (χ4v) is 5.03. The average molecular weight is 415 g/mol. The summed E-state index contributed by atoms with van der Waals surface area (Å²) in [4.78, 5) is 13.9. The molecule has 1 aliphatic heterocycles. The number of amides is 1. The van der Waals surface area contributed by atoms with Crippen LogP contribution in [0.5, 0.6) is 11.5 Å². The Labute approximate surface area is 167 Å². The summed E-state index contributed by atoms with van der Waals surface area (Å²) in [6, 6.07) is 4.34. The number of ether oxygens (including phenoxy) is 3. The second-order valence-electron chi connectivity index (χ2n) is 7.59. The van der Waals surface area contributed by atoms with Gasteiger partial charge in [0.15, 0.2) is 0 Å². The molecule has 1 aliphatic rings. The van der Waals surface area contributed by atoms with Crippen LogP contribution in [0.1, 0.15) is 34.1 Å². The highest BCUT2D eigenvalue weighted by molar-refractivity contribution is 7.89. The molecule has 8 nitrogen and oxygen atoms in total. The molecule has 1 amide bonds. The first-order valence-electron chi connectivity index (χ1n) is 9.25. The summed E-state index contributed by atoms with van der Waals surface area (Å²) in [7, 11) is -0.939. The smallest absolute Gasteiger partial charge is 0.410 e. The quantitative estimate of drug-likeness (QED) is 0.712. The van der Waals surface area contributed by atoms with E-state index in [9.17, 15) is 13.2 Å². The van der Waals surface area contributed by atoms with Crippen LogP contribution in [0, 0.1) is 0 Å². The molecule has 0 aromatic heterocycles. The lowest BCUT2D eigenvalue weighted by Gasteiger charge is -2.28. The third-order valence-corrected chi connectivity index (χ3v) is 6.54. The maximum Gasteiger partial charge on any atom is 0.410 e. The Morgan fingerprint density at radius 1 is 1.25 bits per heavy atom. The molecule has 1 heterocycles. The molecule has 0 saturated carbocycles. The Morgan fingerprint density at radius 3 is 2.46 bits per heavy atom. The van der Waals surface area contributed by atoms with E-state index in [2.05, 4.69) is 0 Å². The van der Waals surface area contributed by atoms with Crippen LogP contribution in [0.4, 0.5) is 4.79 Å². The first-order valence-corrected chi connectivity index (χ1v) is 10.7. The minimum Gasteiger partial charge on any atom is -0.497 e. The van der Waals surface area contributed by atoms with Gasteiger partial charge in [-0.2, -0.15) is 4.31 Å². The van der Waals surface area contributed by atoms with Crippen LogP contribution in [0.2, 0.25) is 0 Å². The molecule has 9 heteroatoms. The summed E-state index contributed by atoms with van der Waals surface area (Å²) in [5.74, 6) is 0.679. The van der Waals surface area contributed by atoms with Crippen molar-refractivity contribution in [3.05, 3.63) is 18.2 Å². The van der Waals surface area contributed by atoms with E-state index >= 15 is 0 Å². The van der Waals surface area contributed by atoms with E-state index in [4.69, 9.17) is 14.2 Å². The van der Waals surface area contributed by atoms with Crippen LogP contribution in [0.3, 0.4) is 0 Å². The van der Waals surface area contributed by atoms with E-state index in [-0.39, 0.29) is 29.8 Å². The zero-order chi connectivity index (χ0) is 21.1. The van der Waals surface area contributed by atoms with Gasteiger partial charge >= 0.3 is 6.09 Å². The molecule has 158 valence electrons. The molecule has 0 aliphatic carbocycles. The monoisotopic (exact) mass is 414 g/mol. The highest BCUT2D eigenvalue weighted by Crippen LogP contribution is 2.33. The highest BCUT2D eigenvalue weighted by Gasteiger charge is 2.38. The topological polar surface area (TPSA) is 85.4 Å². The molecule has 1 saturated heterocycles. The van der Waals surface area contributed by atoms with Crippen LogP contribution in [-0.4, -0.2) is 69.2 Å². The zero-order valence-electron chi connectivity index (χ0n) is 17.4. The zero-order valence-corrected chi connectivity index (χ0v) is 18.2. The molecule has 0 N–H and O–H groups in total.